The second-order valence-corrected chi connectivity index (χ2v) is 6.78. The average Bonchev–Trinajstić information content (AvgIpc) is 2.89. The van der Waals surface area contributed by atoms with Gasteiger partial charge in [0.1, 0.15) is 0 Å². The van der Waals surface area contributed by atoms with Crippen molar-refractivity contribution >= 4 is 22.0 Å². The summed E-state index contributed by atoms with van der Waals surface area (Å²) in [6, 6.07) is 13.4. The Bertz CT molecular complexity index is 682. The first kappa shape index (κ1) is 14.6. The molecule has 0 heterocycles. The van der Waals surface area contributed by atoms with E-state index in [2.05, 4.69) is 78.3 Å². The summed E-state index contributed by atoms with van der Waals surface area (Å²) in [6.45, 7) is 4.45. The van der Waals surface area contributed by atoms with Crippen molar-refractivity contribution in [3.63, 3.8) is 0 Å². The van der Waals surface area contributed by atoms with Crippen LogP contribution in [0, 0.1) is 6.92 Å². The van der Waals surface area contributed by atoms with Gasteiger partial charge in [0.25, 0.3) is 0 Å². The van der Waals surface area contributed by atoms with Crippen molar-refractivity contribution in [3.05, 3.63) is 74.8 Å². The first-order valence-corrected chi connectivity index (χ1v) is 8.56. The number of fused-ring (bicyclic) bond motifs is 1. The summed E-state index contributed by atoms with van der Waals surface area (Å²) in [6.07, 6.45) is 8.33. The van der Waals surface area contributed by atoms with E-state index in [9.17, 15) is 0 Å². The standard InChI is InChI=1S/C20H21Br/c1-3-4-7-15-8-5-6-9-18(15)19-11-10-17-14(2)12-16(21)13-20(17)19/h5-6,8-13,19H,3-4,7H2,1-2H3. The van der Waals surface area contributed by atoms with Gasteiger partial charge in [-0.3, -0.25) is 0 Å². The van der Waals surface area contributed by atoms with Crippen LogP contribution in [-0.4, -0.2) is 0 Å². The van der Waals surface area contributed by atoms with Crippen molar-refractivity contribution in [2.24, 2.45) is 0 Å². The molecule has 2 aromatic rings. The third-order valence-corrected chi connectivity index (χ3v) is 4.82. The largest absolute Gasteiger partial charge is 0.0720 e. The van der Waals surface area contributed by atoms with Gasteiger partial charge in [-0.25, -0.2) is 0 Å². The summed E-state index contributed by atoms with van der Waals surface area (Å²) in [5.74, 6) is 0.407. The Morgan fingerprint density at radius 2 is 1.90 bits per heavy atom. The highest BCUT2D eigenvalue weighted by atomic mass is 79.9. The van der Waals surface area contributed by atoms with Gasteiger partial charge in [-0.1, -0.05) is 65.7 Å². The fraction of sp³-hybridized carbons (Fsp3) is 0.300. The zero-order chi connectivity index (χ0) is 14.8. The topological polar surface area (TPSA) is 0 Å². The number of aryl methyl sites for hydroxylation is 2. The summed E-state index contributed by atoms with van der Waals surface area (Å²) in [5.41, 5.74) is 7.15. The zero-order valence-electron chi connectivity index (χ0n) is 12.7. The number of hydrogen-bond donors (Lipinski definition) is 0. The minimum Gasteiger partial charge on any atom is -0.0720 e. The second-order valence-electron chi connectivity index (χ2n) is 5.86. The minimum atomic E-state index is 0.407. The Morgan fingerprint density at radius 1 is 1.10 bits per heavy atom. The van der Waals surface area contributed by atoms with Crippen LogP contribution in [0.3, 0.4) is 0 Å². The van der Waals surface area contributed by atoms with E-state index in [-0.39, 0.29) is 0 Å². The van der Waals surface area contributed by atoms with Crippen LogP contribution >= 0.6 is 15.9 Å². The molecule has 3 rings (SSSR count). The van der Waals surface area contributed by atoms with E-state index in [1.54, 1.807) is 0 Å². The molecule has 0 N–H and O–H groups in total. The fourth-order valence-corrected chi connectivity index (χ4v) is 3.86. The number of benzene rings is 2. The van der Waals surface area contributed by atoms with Crippen LogP contribution in [-0.2, 0) is 6.42 Å². The third-order valence-electron chi connectivity index (χ3n) is 4.36. The van der Waals surface area contributed by atoms with Gasteiger partial charge in [0.15, 0.2) is 0 Å². The predicted octanol–water partition coefficient (Wildman–Crippen LogP) is 6.26. The molecule has 21 heavy (non-hydrogen) atoms. The molecule has 0 spiro atoms. The third kappa shape index (κ3) is 2.85. The van der Waals surface area contributed by atoms with E-state index in [1.165, 1.54) is 51.6 Å². The lowest BCUT2D eigenvalue weighted by Gasteiger charge is -2.17. The molecule has 1 atom stereocenters. The van der Waals surface area contributed by atoms with E-state index in [0.717, 1.165) is 0 Å². The summed E-state index contributed by atoms with van der Waals surface area (Å²) in [4.78, 5) is 0. The van der Waals surface area contributed by atoms with Crippen molar-refractivity contribution in [3.8, 4) is 0 Å². The van der Waals surface area contributed by atoms with Crippen LogP contribution in [0.25, 0.3) is 6.08 Å². The Kier molecular flexibility index (Phi) is 4.30. The molecular formula is C20H21Br. The molecule has 1 unspecified atom stereocenters. The lowest BCUT2D eigenvalue weighted by Crippen LogP contribution is -2.02. The smallest absolute Gasteiger partial charge is 0.0281 e. The molecule has 0 aliphatic heterocycles. The Morgan fingerprint density at radius 3 is 2.71 bits per heavy atom. The average molecular weight is 341 g/mol. The second kappa shape index (κ2) is 6.19. The van der Waals surface area contributed by atoms with Gasteiger partial charge in [-0.2, -0.15) is 0 Å². The highest BCUT2D eigenvalue weighted by molar-refractivity contribution is 9.10. The van der Waals surface area contributed by atoms with Gasteiger partial charge in [0.05, 0.1) is 0 Å². The molecule has 108 valence electrons. The van der Waals surface area contributed by atoms with E-state index < -0.39 is 0 Å². The lowest BCUT2D eigenvalue weighted by atomic mass is 9.87. The summed E-state index contributed by atoms with van der Waals surface area (Å²) >= 11 is 3.65. The van der Waals surface area contributed by atoms with Crippen molar-refractivity contribution < 1.29 is 0 Å². The molecule has 0 radical (unpaired) electrons. The number of hydrogen-bond acceptors (Lipinski definition) is 0. The summed E-state index contributed by atoms with van der Waals surface area (Å²) in [7, 11) is 0. The Hall–Kier alpha value is -1.34. The maximum atomic E-state index is 3.65. The molecule has 0 saturated heterocycles. The van der Waals surface area contributed by atoms with Crippen LogP contribution in [0.1, 0.15) is 53.5 Å². The van der Waals surface area contributed by atoms with Gasteiger partial charge in [-0.15, -0.1) is 0 Å². The molecule has 0 nitrogen and oxygen atoms in total. The van der Waals surface area contributed by atoms with E-state index in [4.69, 9.17) is 0 Å². The number of allylic oxidation sites excluding steroid dienone is 1. The quantitative estimate of drug-likeness (QED) is 0.616. The zero-order valence-corrected chi connectivity index (χ0v) is 14.3. The number of halogens is 1. The number of unbranched alkanes of at least 4 members (excludes halogenated alkanes) is 1. The molecule has 0 fully saturated rings. The van der Waals surface area contributed by atoms with Gasteiger partial charge in [0.2, 0.25) is 0 Å². The number of rotatable bonds is 4. The van der Waals surface area contributed by atoms with Crippen LogP contribution < -0.4 is 0 Å². The Balaban J connectivity index is 2.04. The van der Waals surface area contributed by atoms with Crippen LogP contribution in [0.15, 0.2) is 46.9 Å². The first-order valence-electron chi connectivity index (χ1n) is 7.76. The molecule has 2 aromatic carbocycles. The molecule has 0 amide bonds. The molecule has 0 aromatic heterocycles. The SMILES string of the molecule is CCCCc1ccccc1C1C=Cc2c(C)cc(Br)cc21. The molecule has 1 aliphatic carbocycles. The maximum Gasteiger partial charge on any atom is 0.0281 e. The van der Waals surface area contributed by atoms with Crippen LogP contribution in [0.2, 0.25) is 0 Å². The highest BCUT2D eigenvalue weighted by Gasteiger charge is 2.22. The van der Waals surface area contributed by atoms with E-state index >= 15 is 0 Å². The predicted molar refractivity (Wildman–Crippen MR) is 94.8 cm³/mol. The van der Waals surface area contributed by atoms with Gasteiger partial charge < -0.3 is 0 Å². The van der Waals surface area contributed by atoms with Gasteiger partial charge >= 0.3 is 0 Å². The first-order chi connectivity index (χ1) is 10.2. The van der Waals surface area contributed by atoms with Crippen molar-refractivity contribution in [2.45, 2.75) is 39.0 Å². The molecule has 0 saturated carbocycles. The van der Waals surface area contributed by atoms with Crippen molar-refractivity contribution in [2.75, 3.05) is 0 Å². The monoisotopic (exact) mass is 340 g/mol. The molecular weight excluding hydrogens is 320 g/mol. The van der Waals surface area contributed by atoms with E-state index in [0.29, 0.717) is 5.92 Å². The minimum absolute atomic E-state index is 0.407. The normalized spacial score (nSPS) is 16.2. The Labute approximate surface area is 136 Å². The van der Waals surface area contributed by atoms with E-state index in [1.807, 2.05) is 0 Å². The van der Waals surface area contributed by atoms with Crippen LogP contribution in [0.4, 0.5) is 0 Å². The lowest BCUT2D eigenvalue weighted by molar-refractivity contribution is 0.784. The van der Waals surface area contributed by atoms with Gasteiger partial charge in [-0.05, 0) is 59.7 Å². The molecule has 1 heteroatoms. The van der Waals surface area contributed by atoms with Crippen molar-refractivity contribution in [1.29, 1.82) is 0 Å². The fourth-order valence-electron chi connectivity index (χ4n) is 3.27. The molecule has 1 aliphatic rings. The highest BCUT2D eigenvalue weighted by Crippen LogP contribution is 2.40. The summed E-state index contributed by atoms with van der Waals surface area (Å²) in [5, 5.41) is 0. The summed E-state index contributed by atoms with van der Waals surface area (Å²) < 4.78 is 1.18. The van der Waals surface area contributed by atoms with Crippen LogP contribution in [0.5, 0.6) is 0 Å². The van der Waals surface area contributed by atoms with Gasteiger partial charge in [0, 0.05) is 10.4 Å². The van der Waals surface area contributed by atoms with Crippen molar-refractivity contribution in [1.82, 2.24) is 0 Å². The molecule has 0 bridgehead atoms. The maximum absolute atomic E-state index is 3.65.